The fourth-order valence-electron chi connectivity index (χ4n) is 2.53. The molecule has 0 aliphatic rings. The fourth-order valence-corrected chi connectivity index (χ4v) is 3.01. The number of carboxylic acid groups (broad SMARTS) is 1. The molecule has 1 unspecified atom stereocenters. The van der Waals surface area contributed by atoms with E-state index in [0.717, 1.165) is 11.1 Å². The molecule has 0 saturated heterocycles. The molecule has 4 nitrogen and oxygen atoms in total. The van der Waals surface area contributed by atoms with Crippen LogP contribution in [0.4, 0.5) is 0 Å². The Morgan fingerprint density at radius 3 is 1.92 bits per heavy atom. The number of amides is 1. The van der Waals surface area contributed by atoms with E-state index in [4.69, 9.17) is 0 Å². The molecule has 0 aliphatic heterocycles. The minimum Gasteiger partial charge on any atom is -0.480 e. The maximum Gasteiger partial charge on any atom is 0.326 e. The van der Waals surface area contributed by atoms with Crippen LogP contribution in [0.25, 0.3) is 0 Å². The normalized spacial score (nSPS) is 11.9. The molecular weight excluding hydrogens is 322 g/mol. The molecule has 126 valence electrons. The number of hydrogen-bond donors (Lipinski definition) is 2. The summed E-state index contributed by atoms with van der Waals surface area (Å²) in [7, 11) is 0. The summed E-state index contributed by atoms with van der Waals surface area (Å²) in [6.45, 7) is 0. The lowest BCUT2D eigenvalue weighted by atomic mass is 9.90. The number of carboxylic acids is 1. The van der Waals surface area contributed by atoms with E-state index >= 15 is 0 Å². The maximum absolute atomic E-state index is 12.8. The zero-order valence-corrected chi connectivity index (χ0v) is 14.3. The molecule has 5 heteroatoms. The third-order valence-electron chi connectivity index (χ3n) is 3.75. The number of thioether (sulfide) groups is 1. The number of aliphatic carboxylic acids is 1. The van der Waals surface area contributed by atoms with Gasteiger partial charge in [0.1, 0.15) is 6.04 Å². The number of hydrogen-bond acceptors (Lipinski definition) is 3. The average molecular weight is 343 g/mol. The van der Waals surface area contributed by atoms with Gasteiger partial charge in [0.15, 0.2) is 0 Å². The maximum atomic E-state index is 12.8. The highest BCUT2D eigenvalue weighted by atomic mass is 32.2. The summed E-state index contributed by atoms with van der Waals surface area (Å²) in [5.74, 6) is -1.14. The van der Waals surface area contributed by atoms with E-state index in [0.29, 0.717) is 12.2 Å². The van der Waals surface area contributed by atoms with Gasteiger partial charge in [-0.05, 0) is 29.6 Å². The third kappa shape index (κ3) is 4.86. The second-order valence-corrected chi connectivity index (χ2v) is 6.42. The largest absolute Gasteiger partial charge is 0.480 e. The van der Waals surface area contributed by atoms with Crippen LogP contribution in [0.2, 0.25) is 0 Å². The molecule has 2 aromatic rings. The third-order valence-corrected chi connectivity index (χ3v) is 4.40. The molecule has 2 aromatic carbocycles. The first-order valence-corrected chi connectivity index (χ1v) is 9.15. The minimum absolute atomic E-state index is 0.291. The van der Waals surface area contributed by atoms with E-state index in [2.05, 4.69) is 5.32 Å². The second-order valence-electron chi connectivity index (χ2n) is 5.44. The molecule has 0 heterocycles. The van der Waals surface area contributed by atoms with Gasteiger partial charge >= 0.3 is 5.97 Å². The van der Waals surface area contributed by atoms with Gasteiger partial charge < -0.3 is 10.4 Å². The molecular formula is C19H21NO3S. The van der Waals surface area contributed by atoms with Gasteiger partial charge in [-0.2, -0.15) is 11.8 Å². The molecule has 0 aromatic heterocycles. The van der Waals surface area contributed by atoms with Crippen LogP contribution in [-0.2, 0) is 9.59 Å². The summed E-state index contributed by atoms with van der Waals surface area (Å²) in [5, 5.41) is 12.0. The van der Waals surface area contributed by atoms with Crippen LogP contribution in [0.3, 0.4) is 0 Å². The summed E-state index contributed by atoms with van der Waals surface area (Å²) in [6, 6.07) is 17.9. The molecule has 1 amide bonds. The molecule has 0 spiro atoms. The van der Waals surface area contributed by atoms with Crippen molar-refractivity contribution in [3.05, 3.63) is 71.8 Å². The van der Waals surface area contributed by atoms with Crippen LogP contribution in [0.15, 0.2) is 60.7 Å². The first-order valence-electron chi connectivity index (χ1n) is 7.75. The minimum atomic E-state index is -1.00. The van der Waals surface area contributed by atoms with Crippen LogP contribution >= 0.6 is 11.8 Å². The summed E-state index contributed by atoms with van der Waals surface area (Å²) < 4.78 is 0. The number of carbonyl (C=O) groups excluding carboxylic acids is 1. The number of rotatable bonds is 8. The molecule has 0 bridgehead atoms. The van der Waals surface area contributed by atoms with E-state index < -0.39 is 17.9 Å². The monoisotopic (exact) mass is 343 g/mol. The smallest absolute Gasteiger partial charge is 0.326 e. The number of carbonyl (C=O) groups is 2. The highest BCUT2D eigenvalue weighted by molar-refractivity contribution is 7.98. The Bertz CT molecular complexity index is 621. The Morgan fingerprint density at radius 1 is 1.00 bits per heavy atom. The molecule has 2 rings (SSSR count). The van der Waals surface area contributed by atoms with Crippen molar-refractivity contribution in [3.8, 4) is 0 Å². The van der Waals surface area contributed by atoms with E-state index in [1.54, 1.807) is 11.8 Å². The average Bonchev–Trinajstić information content (AvgIpc) is 2.60. The van der Waals surface area contributed by atoms with Crippen molar-refractivity contribution in [1.82, 2.24) is 5.32 Å². The standard InChI is InChI=1S/C19H21NO3S/c1-24-13-12-16(19(22)23)20-18(21)17(14-8-4-2-5-9-14)15-10-6-3-7-11-15/h2-11,16-17H,12-13H2,1H3,(H,20,21)(H,22,23). The van der Waals surface area contributed by atoms with Crippen LogP contribution in [0.1, 0.15) is 23.5 Å². The Balaban J connectivity index is 2.26. The van der Waals surface area contributed by atoms with Crippen LogP contribution in [-0.4, -0.2) is 35.0 Å². The molecule has 2 N–H and O–H groups in total. The first-order chi connectivity index (χ1) is 11.6. The zero-order chi connectivity index (χ0) is 17.4. The predicted molar refractivity (Wildman–Crippen MR) is 97.3 cm³/mol. The van der Waals surface area contributed by atoms with Crippen LogP contribution < -0.4 is 5.32 Å². The van der Waals surface area contributed by atoms with E-state index in [1.807, 2.05) is 66.9 Å². The molecule has 0 fully saturated rings. The SMILES string of the molecule is CSCCC(NC(=O)C(c1ccccc1)c1ccccc1)C(=O)O. The molecule has 0 aliphatic carbocycles. The lowest BCUT2D eigenvalue weighted by Crippen LogP contribution is -2.43. The van der Waals surface area contributed by atoms with Crippen molar-refractivity contribution in [2.45, 2.75) is 18.4 Å². The second kappa shape index (κ2) is 9.13. The lowest BCUT2D eigenvalue weighted by molar-refractivity contribution is -0.141. The van der Waals surface area contributed by atoms with Gasteiger partial charge in [0, 0.05) is 0 Å². The Morgan fingerprint density at radius 2 is 1.50 bits per heavy atom. The molecule has 24 heavy (non-hydrogen) atoms. The fraction of sp³-hybridized carbons (Fsp3) is 0.263. The van der Waals surface area contributed by atoms with Crippen molar-refractivity contribution in [2.24, 2.45) is 0 Å². The predicted octanol–water partition coefficient (Wildman–Crippen LogP) is 3.14. The van der Waals surface area contributed by atoms with Crippen molar-refractivity contribution >= 4 is 23.6 Å². The molecule has 1 atom stereocenters. The summed E-state index contributed by atoms with van der Waals surface area (Å²) >= 11 is 1.56. The summed E-state index contributed by atoms with van der Waals surface area (Å²) in [5.41, 5.74) is 1.69. The molecule has 0 radical (unpaired) electrons. The lowest BCUT2D eigenvalue weighted by Gasteiger charge is -2.21. The van der Waals surface area contributed by atoms with Gasteiger partial charge in [0.2, 0.25) is 5.91 Å². The summed E-state index contributed by atoms with van der Waals surface area (Å²) in [4.78, 5) is 24.3. The molecule has 0 saturated carbocycles. The Kier molecular flexibility index (Phi) is 6.88. The highest BCUT2D eigenvalue weighted by Crippen LogP contribution is 2.25. The van der Waals surface area contributed by atoms with Gasteiger partial charge in [-0.3, -0.25) is 4.79 Å². The Labute approximate surface area is 146 Å². The van der Waals surface area contributed by atoms with Gasteiger partial charge in [-0.1, -0.05) is 60.7 Å². The van der Waals surface area contributed by atoms with E-state index in [-0.39, 0.29) is 5.91 Å². The van der Waals surface area contributed by atoms with Crippen molar-refractivity contribution in [1.29, 1.82) is 0 Å². The van der Waals surface area contributed by atoms with Gasteiger partial charge in [0.05, 0.1) is 5.92 Å². The van der Waals surface area contributed by atoms with Gasteiger partial charge in [-0.25, -0.2) is 4.79 Å². The number of benzene rings is 2. The van der Waals surface area contributed by atoms with Crippen molar-refractivity contribution in [3.63, 3.8) is 0 Å². The van der Waals surface area contributed by atoms with Crippen LogP contribution in [0.5, 0.6) is 0 Å². The van der Waals surface area contributed by atoms with E-state index in [1.165, 1.54) is 0 Å². The van der Waals surface area contributed by atoms with Gasteiger partial charge in [-0.15, -0.1) is 0 Å². The number of nitrogens with one attached hydrogen (secondary N) is 1. The van der Waals surface area contributed by atoms with E-state index in [9.17, 15) is 14.7 Å². The highest BCUT2D eigenvalue weighted by Gasteiger charge is 2.27. The zero-order valence-electron chi connectivity index (χ0n) is 13.5. The first kappa shape index (κ1) is 18.1. The topological polar surface area (TPSA) is 66.4 Å². The quantitative estimate of drug-likeness (QED) is 0.773. The van der Waals surface area contributed by atoms with Crippen LogP contribution in [0, 0.1) is 0 Å². The summed E-state index contributed by atoms with van der Waals surface area (Å²) in [6.07, 6.45) is 2.32. The van der Waals surface area contributed by atoms with Gasteiger partial charge in [0.25, 0.3) is 0 Å². The van der Waals surface area contributed by atoms with Crippen molar-refractivity contribution in [2.75, 3.05) is 12.0 Å². The van der Waals surface area contributed by atoms with Crippen molar-refractivity contribution < 1.29 is 14.7 Å². The Hall–Kier alpha value is -2.27.